The van der Waals surface area contributed by atoms with E-state index in [1.165, 1.54) is 0 Å². The minimum atomic E-state index is -0.208. The monoisotopic (exact) mass is 370 g/mol. The lowest BCUT2D eigenvalue weighted by molar-refractivity contribution is 0.112. The highest BCUT2D eigenvalue weighted by atomic mass is 16.5. The van der Waals surface area contributed by atoms with E-state index in [-0.39, 0.29) is 12.1 Å². The van der Waals surface area contributed by atoms with Crippen molar-refractivity contribution >= 4 is 28.4 Å². The van der Waals surface area contributed by atoms with Crippen LogP contribution >= 0.6 is 0 Å². The molecule has 144 valence electrons. The molecule has 2 saturated heterocycles. The first-order valence-electron chi connectivity index (χ1n) is 9.59. The molecule has 27 heavy (non-hydrogen) atoms. The summed E-state index contributed by atoms with van der Waals surface area (Å²) in [5.41, 5.74) is 2.84. The van der Waals surface area contributed by atoms with Crippen LogP contribution in [0.1, 0.15) is 18.4 Å². The van der Waals surface area contributed by atoms with E-state index in [4.69, 9.17) is 14.5 Å². The number of carbonyl (C=O) groups excluding carboxylic acids is 1. The van der Waals surface area contributed by atoms with Crippen molar-refractivity contribution in [2.75, 3.05) is 49.7 Å². The van der Waals surface area contributed by atoms with Crippen LogP contribution in [0.5, 0.6) is 0 Å². The number of pyridine rings is 1. The Labute approximate surface area is 159 Å². The zero-order valence-electron chi connectivity index (χ0n) is 15.7. The quantitative estimate of drug-likeness (QED) is 0.865. The van der Waals surface area contributed by atoms with Gasteiger partial charge in [0.2, 0.25) is 0 Å². The fourth-order valence-electron chi connectivity index (χ4n) is 3.60. The lowest BCUT2D eigenvalue weighted by atomic mass is 10.1. The molecular formula is C20H26N4O3. The van der Waals surface area contributed by atoms with Gasteiger partial charge in [-0.1, -0.05) is 0 Å². The van der Waals surface area contributed by atoms with E-state index in [9.17, 15) is 4.79 Å². The van der Waals surface area contributed by atoms with Gasteiger partial charge in [0.15, 0.2) is 0 Å². The smallest absolute Gasteiger partial charge is 0.319 e. The number of rotatable bonds is 4. The number of aryl methyl sites for hydroxylation is 1. The van der Waals surface area contributed by atoms with Crippen LogP contribution in [0.3, 0.4) is 0 Å². The summed E-state index contributed by atoms with van der Waals surface area (Å²) in [6.45, 7) is 6.62. The first kappa shape index (κ1) is 18.0. The van der Waals surface area contributed by atoms with E-state index in [1.54, 1.807) is 0 Å². The van der Waals surface area contributed by atoms with Crippen LogP contribution in [0, 0.1) is 6.92 Å². The second kappa shape index (κ2) is 8.10. The van der Waals surface area contributed by atoms with E-state index >= 15 is 0 Å². The molecule has 2 aliphatic heterocycles. The molecular weight excluding hydrogens is 344 g/mol. The van der Waals surface area contributed by atoms with Gasteiger partial charge in [0, 0.05) is 37.3 Å². The maximum Gasteiger partial charge on any atom is 0.319 e. The highest BCUT2D eigenvalue weighted by Crippen LogP contribution is 2.25. The largest absolute Gasteiger partial charge is 0.378 e. The molecule has 7 heteroatoms. The first-order chi connectivity index (χ1) is 13.2. The van der Waals surface area contributed by atoms with Gasteiger partial charge in [0.25, 0.3) is 0 Å². The lowest BCUT2D eigenvalue weighted by Gasteiger charge is -2.28. The standard InChI is InChI=1S/C20H26N4O3/c1-14-11-19(24-6-9-26-10-7-24)23-18-5-4-15(12-17(14)18)22-20(25)21-13-16-3-2-8-27-16/h4-5,11-12,16H,2-3,6-10,13H2,1H3,(H2,21,22,25). The van der Waals surface area contributed by atoms with Crippen molar-refractivity contribution in [3.8, 4) is 0 Å². The number of morpholine rings is 1. The minimum Gasteiger partial charge on any atom is -0.378 e. The number of aromatic nitrogens is 1. The number of nitrogens with zero attached hydrogens (tertiary/aromatic N) is 2. The third-order valence-corrected chi connectivity index (χ3v) is 5.11. The summed E-state index contributed by atoms with van der Waals surface area (Å²) in [5.74, 6) is 0.985. The normalized spacial score (nSPS) is 20.0. The van der Waals surface area contributed by atoms with Crippen molar-refractivity contribution in [1.29, 1.82) is 0 Å². The molecule has 0 saturated carbocycles. The van der Waals surface area contributed by atoms with E-state index in [0.29, 0.717) is 6.54 Å². The molecule has 0 radical (unpaired) electrons. The molecule has 2 aromatic rings. The molecule has 0 aliphatic carbocycles. The average Bonchev–Trinajstić information content (AvgIpc) is 3.21. The maximum absolute atomic E-state index is 12.1. The van der Waals surface area contributed by atoms with Crippen LogP contribution in [0.4, 0.5) is 16.3 Å². The average molecular weight is 370 g/mol. The molecule has 4 rings (SSSR count). The Hall–Kier alpha value is -2.38. The van der Waals surface area contributed by atoms with Crippen LogP contribution in [0.2, 0.25) is 0 Å². The molecule has 1 aromatic heterocycles. The number of benzene rings is 1. The number of fused-ring (bicyclic) bond motifs is 1. The number of hydrogen-bond acceptors (Lipinski definition) is 5. The predicted molar refractivity (Wildman–Crippen MR) is 106 cm³/mol. The fourth-order valence-corrected chi connectivity index (χ4v) is 3.60. The minimum absolute atomic E-state index is 0.136. The van der Waals surface area contributed by atoms with Crippen molar-refractivity contribution in [3.63, 3.8) is 0 Å². The van der Waals surface area contributed by atoms with Crippen LogP contribution in [-0.2, 0) is 9.47 Å². The molecule has 2 aliphatic rings. The number of hydrogen-bond donors (Lipinski definition) is 2. The van der Waals surface area contributed by atoms with E-state index in [2.05, 4.69) is 28.5 Å². The van der Waals surface area contributed by atoms with Crippen molar-refractivity contribution in [2.24, 2.45) is 0 Å². The molecule has 2 fully saturated rings. The summed E-state index contributed by atoms with van der Waals surface area (Å²) in [6.07, 6.45) is 2.21. The summed E-state index contributed by atoms with van der Waals surface area (Å²) in [6, 6.07) is 7.73. The highest BCUT2D eigenvalue weighted by Gasteiger charge is 2.17. The summed E-state index contributed by atoms with van der Waals surface area (Å²) in [5, 5.41) is 6.83. The number of ether oxygens (including phenoxy) is 2. The third kappa shape index (κ3) is 4.31. The number of urea groups is 1. The van der Waals surface area contributed by atoms with Gasteiger partial charge in [-0.25, -0.2) is 9.78 Å². The van der Waals surface area contributed by atoms with Crippen molar-refractivity contribution in [3.05, 3.63) is 29.8 Å². The number of carbonyl (C=O) groups is 1. The second-order valence-corrected chi connectivity index (χ2v) is 7.10. The Morgan fingerprint density at radius 2 is 2.11 bits per heavy atom. The van der Waals surface area contributed by atoms with E-state index in [1.807, 2.05) is 18.2 Å². The first-order valence-corrected chi connectivity index (χ1v) is 9.59. The Morgan fingerprint density at radius 1 is 1.26 bits per heavy atom. The fraction of sp³-hybridized carbons (Fsp3) is 0.500. The maximum atomic E-state index is 12.1. The van der Waals surface area contributed by atoms with Gasteiger partial charge in [-0.15, -0.1) is 0 Å². The molecule has 0 spiro atoms. The molecule has 0 bridgehead atoms. The lowest BCUT2D eigenvalue weighted by Crippen LogP contribution is -2.36. The summed E-state index contributed by atoms with van der Waals surface area (Å²) < 4.78 is 10.9. The molecule has 3 heterocycles. The highest BCUT2D eigenvalue weighted by molar-refractivity contribution is 5.94. The van der Waals surface area contributed by atoms with Gasteiger partial charge in [0.1, 0.15) is 5.82 Å². The summed E-state index contributed by atoms with van der Waals surface area (Å²) >= 11 is 0. The Kier molecular flexibility index (Phi) is 5.40. The summed E-state index contributed by atoms with van der Waals surface area (Å²) in [7, 11) is 0. The molecule has 2 amide bonds. The van der Waals surface area contributed by atoms with Crippen molar-refractivity contribution in [2.45, 2.75) is 25.9 Å². The number of anilines is 2. The Bertz CT molecular complexity index is 814. The van der Waals surface area contributed by atoms with Gasteiger partial charge >= 0.3 is 6.03 Å². The molecule has 1 aromatic carbocycles. The van der Waals surface area contributed by atoms with Gasteiger partial charge in [-0.05, 0) is 49.6 Å². The Morgan fingerprint density at radius 3 is 2.89 bits per heavy atom. The van der Waals surface area contributed by atoms with E-state index in [0.717, 1.165) is 73.7 Å². The van der Waals surface area contributed by atoms with Crippen molar-refractivity contribution in [1.82, 2.24) is 10.3 Å². The SMILES string of the molecule is Cc1cc(N2CCOCC2)nc2ccc(NC(=O)NCC3CCCO3)cc12. The molecule has 1 atom stereocenters. The number of nitrogens with one attached hydrogen (secondary N) is 2. The van der Waals surface area contributed by atoms with Crippen LogP contribution in [-0.4, -0.2) is 56.6 Å². The van der Waals surface area contributed by atoms with Crippen LogP contribution < -0.4 is 15.5 Å². The Balaban J connectivity index is 1.45. The van der Waals surface area contributed by atoms with Gasteiger partial charge in [-0.3, -0.25) is 0 Å². The zero-order chi connectivity index (χ0) is 18.6. The second-order valence-electron chi connectivity index (χ2n) is 7.10. The molecule has 2 N–H and O–H groups in total. The molecule has 7 nitrogen and oxygen atoms in total. The zero-order valence-corrected chi connectivity index (χ0v) is 15.7. The predicted octanol–water partition coefficient (Wildman–Crippen LogP) is 2.68. The van der Waals surface area contributed by atoms with E-state index < -0.39 is 0 Å². The van der Waals surface area contributed by atoms with Gasteiger partial charge in [0.05, 0.1) is 24.8 Å². The van der Waals surface area contributed by atoms with Crippen LogP contribution in [0.25, 0.3) is 10.9 Å². The van der Waals surface area contributed by atoms with Gasteiger partial charge < -0.3 is 25.0 Å². The summed E-state index contributed by atoms with van der Waals surface area (Å²) in [4.78, 5) is 19.2. The molecule has 1 unspecified atom stereocenters. The van der Waals surface area contributed by atoms with Crippen LogP contribution in [0.15, 0.2) is 24.3 Å². The number of amides is 2. The van der Waals surface area contributed by atoms with Crippen molar-refractivity contribution < 1.29 is 14.3 Å². The third-order valence-electron chi connectivity index (χ3n) is 5.11. The topological polar surface area (TPSA) is 75.7 Å². The van der Waals surface area contributed by atoms with Gasteiger partial charge in [-0.2, -0.15) is 0 Å².